The number of rotatable bonds is 9. The number of pyridine rings is 1. The van der Waals surface area contributed by atoms with Gasteiger partial charge in [0.1, 0.15) is 29.0 Å². The van der Waals surface area contributed by atoms with Crippen LogP contribution in [0.15, 0.2) is 43.1 Å². The molecular weight excluding hydrogens is 510 g/mol. The molecule has 206 valence electrons. The number of likely N-dealkylation sites (tertiary alicyclic amines) is 1. The van der Waals surface area contributed by atoms with Gasteiger partial charge in [0.2, 0.25) is 5.91 Å². The monoisotopic (exact) mass is 545 g/mol. The average molecular weight is 546 g/mol. The largest absolute Gasteiger partial charge is 0.488 e. The molecule has 38 heavy (non-hydrogen) atoms. The van der Waals surface area contributed by atoms with E-state index in [4.69, 9.17) is 25.8 Å². The smallest absolute Gasteiger partial charge is 0.411 e. The summed E-state index contributed by atoms with van der Waals surface area (Å²) in [5.41, 5.74) is -1.40. The number of amides is 2. The molecule has 2 heterocycles. The molecule has 0 saturated carbocycles. The molecule has 2 amide bonds. The summed E-state index contributed by atoms with van der Waals surface area (Å²) >= 11 is 6.11. The van der Waals surface area contributed by atoms with Crippen LogP contribution in [0.3, 0.4) is 0 Å². The van der Waals surface area contributed by atoms with Crippen molar-refractivity contribution in [2.24, 2.45) is 0 Å². The Balaban J connectivity index is 1.90. The first-order chi connectivity index (χ1) is 17.9. The predicted molar refractivity (Wildman–Crippen MR) is 145 cm³/mol. The van der Waals surface area contributed by atoms with Crippen LogP contribution in [0.25, 0.3) is 10.9 Å². The van der Waals surface area contributed by atoms with E-state index >= 15 is 0 Å². The van der Waals surface area contributed by atoms with E-state index in [1.54, 1.807) is 65.1 Å². The van der Waals surface area contributed by atoms with Gasteiger partial charge in [-0.3, -0.25) is 14.7 Å². The van der Waals surface area contributed by atoms with Crippen LogP contribution >= 0.6 is 11.6 Å². The van der Waals surface area contributed by atoms with E-state index in [-0.39, 0.29) is 32.4 Å². The number of fused-ring (bicyclic) bond motifs is 1. The number of hydrogen-bond acceptors (Lipinski definition) is 7. The molecule has 1 aliphatic rings. The Morgan fingerprint density at radius 1 is 1.24 bits per heavy atom. The SMILES string of the molecule is C=CC[C@@](CC)(NC(=O)[C@@H]1C[C@@H](Oc2ccnc3cc(Cl)ccc23)CN1C(=O)OC(C)(C)C)C(=O)OCC. The van der Waals surface area contributed by atoms with E-state index in [0.29, 0.717) is 16.3 Å². The molecule has 1 aromatic carbocycles. The number of carbonyl (C=O) groups excluding carboxylic acids is 3. The molecule has 1 saturated heterocycles. The molecule has 0 unspecified atom stereocenters. The molecule has 1 N–H and O–H groups in total. The highest BCUT2D eigenvalue weighted by Crippen LogP contribution is 2.31. The second-order valence-electron chi connectivity index (χ2n) is 10.2. The summed E-state index contributed by atoms with van der Waals surface area (Å²) in [6, 6.07) is 6.10. The maximum atomic E-state index is 13.6. The Bertz CT molecular complexity index is 1200. The maximum absolute atomic E-state index is 13.6. The summed E-state index contributed by atoms with van der Waals surface area (Å²) in [5, 5.41) is 4.17. The molecule has 1 aromatic heterocycles. The Morgan fingerprint density at radius 3 is 2.61 bits per heavy atom. The molecule has 1 aliphatic heterocycles. The third-order valence-corrected chi connectivity index (χ3v) is 6.51. The highest BCUT2D eigenvalue weighted by Gasteiger charge is 2.46. The van der Waals surface area contributed by atoms with Crippen molar-refractivity contribution in [2.45, 2.75) is 77.2 Å². The van der Waals surface area contributed by atoms with Gasteiger partial charge in [-0.25, -0.2) is 9.59 Å². The van der Waals surface area contributed by atoms with Gasteiger partial charge in [-0.2, -0.15) is 0 Å². The molecule has 9 nitrogen and oxygen atoms in total. The summed E-state index contributed by atoms with van der Waals surface area (Å²) < 4.78 is 17.1. The maximum Gasteiger partial charge on any atom is 0.411 e. The van der Waals surface area contributed by atoms with Crippen LogP contribution in [0.2, 0.25) is 5.02 Å². The van der Waals surface area contributed by atoms with Gasteiger partial charge >= 0.3 is 12.1 Å². The van der Waals surface area contributed by atoms with Crippen molar-refractivity contribution in [3.63, 3.8) is 0 Å². The highest BCUT2D eigenvalue weighted by atomic mass is 35.5. The normalized spacial score (nSPS) is 18.9. The van der Waals surface area contributed by atoms with Gasteiger partial charge in [0.25, 0.3) is 0 Å². The van der Waals surface area contributed by atoms with Crippen LogP contribution < -0.4 is 10.1 Å². The minimum atomic E-state index is -1.30. The minimum absolute atomic E-state index is 0.115. The number of ether oxygens (including phenoxy) is 3. The van der Waals surface area contributed by atoms with Crippen LogP contribution in [-0.4, -0.2) is 64.3 Å². The van der Waals surface area contributed by atoms with Gasteiger partial charge < -0.3 is 19.5 Å². The summed E-state index contributed by atoms with van der Waals surface area (Å²) in [7, 11) is 0. The molecular formula is C28H36ClN3O6. The number of carbonyl (C=O) groups is 3. The van der Waals surface area contributed by atoms with Crippen molar-refractivity contribution in [2.75, 3.05) is 13.2 Å². The van der Waals surface area contributed by atoms with Crippen molar-refractivity contribution in [3.8, 4) is 5.75 Å². The zero-order chi connectivity index (χ0) is 28.1. The first-order valence-electron chi connectivity index (χ1n) is 12.7. The Labute approximate surface area is 228 Å². The number of hydrogen-bond donors (Lipinski definition) is 1. The predicted octanol–water partition coefficient (Wildman–Crippen LogP) is 5.05. The number of nitrogens with zero attached hydrogens (tertiary/aromatic N) is 2. The summed E-state index contributed by atoms with van der Waals surface area (Å²) in [5.74, 6) is -0.486. The second-order valence-corrected chi connectivity index (χ2v) is 10.7. The van der Waals surface area contributed by atoms with E-state index in [9.17, 15) is 14.4 Å². The van der Waals surface area contributed by atoms with Gasteiger partial charge in [0, 0.05) is 23.0 Å². The number of aromatic nitrogens is 1. The van der Waals surface area contributed by atoms with E-state index in [1.807, 2.05) is 6.07 Å². The van der Waals surface area contributed by atoms with Gasteiger partial charge in [0.15, 0.2) is 0 Å². The minimum Gasteiger partial charge on any atom is -0.488 e. The molecule has 0 bridgehead atoms. The lowest BCUT2D eigenvalue weighted by Gasteiger charge is -2.33. The zero-order valence-electron chi connectivity index (χ0n) is 22.6. The van der Waals surface area contributed by atoms with E-state index in [1.165, 1.54) is 4.90 Å². The lowest BCUT2D eigenvalue weighted by atomic mass is 9.91. The standard InChI is InChI=1S/C28H36ClN3O6/c1-7-13-28(8-2,25(34)36-9-3)31-24(33)22-16-19(17-32(22)26(35)38-27(4,5)6)37-23-12-14-30-21-15-18(29)10-11-20(21)23/h7,10-12,14-15,19,22H,1,8-9,13,16-17H2,2-6H3,(H,31,33)/t19-,22+,28-/m1/s1. The van der Waals surface area contributed by atoms with Crippen molar-refractivity contribution in [1.82, 2.24) is 15.2 Å². The third kappa shape index (κ3) is 6.75. The Kier molecular flexibility index (Phi) is 9.25. The third-order valence-electron chi connectivity index (χ3n) is 6.28. The number of benzene rings is 1. The second kappa shape index (κ2) is 12.0. The lowest BCUT2D eigenvalue weighted by molar-refractivity contribution is -0.154. The lowest BCUT2D eigenvalue weighted by Crippen LogP contribution is -2.59. The van der Waals surface area contributed by atoms with Crippen molar-refractivity contribution in [1.29, 1.82) is 0 Å². The molecule has 1 fully saturated rings. The number of halogens is 1. The fourth-order valence-electron chi connectivity index (χ4n) is 4.43. The zero-order valence-corrected chi connectivity index (χ0v) is 23.3. The highest BCUT2D eigenvalue weighted by molar-refractivity contribution is 6.31. The van der Waals surface area contributed by atoms with Crippen LogP contribution in [0, 0.1) is 0 Å². The van der Waals surface area contributed by atoms with Gasteiger partial charge in [-0.15, -0.1) is 6.58 Å². The average Bonchev–Trinajstić information content (AvgIpc) is 3.27. The fraction of sp³-hybridized carbons (Fsp3) is 0.500. The van der Waals surface area contributed by atoms with Gasteiger partial charge in [-0.05, 0) is 64.8 Å². The quantitative estimate of drug-likeness (QED) is 0.347. The van der Waals surface area contributed by atoms with Gasteiger partial charge in [-0.1, -0.05) is 24.6 Å². The van der Waals surface area contributed by atoms with Crippen LogP contribution in [0.1, 0.15) is 53.9 Å². The molecule has 3 rings (SSSR count). The van der Waals surface area contributed by atoms with Crippen molar-refractivity contribution in [3.05, 3.63) is 48.1 Å². The van der Waals surface area contributed by atoms with Crippen molar-refractivity contribution >= 4 is 40.5 Å². The topological polar surface area (TPSA) is 107 Å². The molecule has 0 spiro atoms. The number of esters is 1. The first kappa shape index (κ1) is 29.2. The molecule has 0 radical (unpaired) electrons. The molecule has 0 aliphatic carbocycles. The molecule has 3 atom stereocenters. The Morgan fingerprint density at radius 2 is 1.97 bits per heavy atom. The van der Waals surface area contributed by atoms with E-state index in [0.717, 1.165) is 5.39 Å². The summed E-state index contributed by atoms with van der Waals surface area (Å²) in [6.45, 7) is 12.8. The Hall–Kier alpha value is -3.33. The first-order valence-corrected chi connectivity index (χ1v) is 13.1. The van der Waals surface area contributed by atoms with E-state index < -0.39 is 41.3 Å². The summed E-state index contributed by atoms with van der Waals surface area (Å²) in [6.07, 6.45) is 2.68. The van der Waals surface area contributed by atoms with Crippen molar-refractivity contribution < 1.29 is 28.6 Å². The van der Waals surface area contributed by atoms with Gasteiger partial charge in [0.05, 0.1) is 18.7 Å². The summed E-state index contributed by atoms with van der Waals surface area (Å²) in [4.78, 5) is 45.4. The number of nitrogens with one attached hydrogen (secondary N) is 1. The van der Waals surface area contributed by atoms with E-state index in [2.05, 4.69) is 16.9 Å². The van der Waals surface area contributed by atoms with Crippen LogP contribution in [0.5, 0.6) is 5.75 Å². The fourth-order valence-corrected chi connectivity index (χ4v) is 4.59. The van der Waals surface area contributed by atoms with Crippen LogP contribution in [0.4, 0.5) is 4.79 Å². The molecule has 10 heteroatoms. The van der Waals surface area contributed by atoms with Crippen LogP contribution in [-0.2, 0) is 19.1 Å². The molecule has 2 aromatic rings.